The number of primary amides is 1. The summed E-state index contributed by atoms with van der Waals surface area (Å²) in [4.78, 5) is 25.9. The van der Waals surface area contributed by atoms with Crippen molar-refractivity contribution in [2.45, 2.75) is 32.4 Å². The number of aryl methyl sites for hydroxylation is 1. The number of morpholine rings is 1. The Kier molecular flexibility index (Phi) is 4.51. The van der Waals surface area contributed by atoms with Crippen molar-refractivity contribution in [3.05, 3.63) is 34.5 Å². The minimum absolute atomic E-state index is 0.130. The van der Waals surface area contributed by atoms with Crippen LogP contribution in [0.1, 0.15) is 18.1 Å². The van der Waals surface area contributed by atoms with Crippen LogP contribution in [0, 0.1) is 6.92 Å². The van der Waals surface area contributed by atoms with Gasteiger partial charge < -0.3 is 19.8 Å². The van der Waals surface area contributed by atoms with Gasteiger partial charge in [-0.3, -0.25) is 9.59 Å². The molecule has 0 saturated carbocycles. The molecule has 3 rings (SSSR count). The first-order chi connectivity index (χ1) is 11.4. The Balaban J connectivity index is 1.87. The number of rotatable bonds is 3. The molecule has 6 nitrogen and oxygen atoms in total. The maximum absolute atomic E-state index is 12.7. The van der Waals surface area contributed by atoms with E-state index in [4.69, 9.17) is 26.5 Å². The maximum atomic E-state index is 12.7. The minimum Gasteiger partial charge on any atom is -0.464 e. The fourth-order valence-electron chi connectivity index (χ4n) is 3.15. The first-order valence-electron chi connectivity index (χ1n) is 7.75. The van der Waals surface area contributed by atoms with Crippen LogP contribution >= 0.6 is 11.6 Å². The molecule has 2 aromatic rings. The van der Waals surface area contributed by atoms with Gasteiger partial charge in [-0.15, -0.1) is 0 Å². The Bertz CT molecular complexity index is 801. The maximum Gasteiger partial charge on any atom is 0.242 e. The first-order valence-corrected chi connectivity index (χ1v) is 8.13. The van der Waals surface area contributed by atoms with Crippen LogP contribution in [0.3, 0.4) is 0 Å². The Morgan fingerprint density at radius 3 is 2.88 bits per heavy atom. The summed E-state index contributed by atoms with van der Waals surface area (Å²) in [6.45, 7) is 4.34. The molecule has 0 aliphatic carbocycles. The van der Waals surface area contributed by atoms with E-state index in [0.29, 0.717) is 23.8 Å². The lowest BCUT2D eigenvalue weighted by Crippen LogP contribution is -2.58. The monoisotopic (exact) mass is 350 g/mol. The Labute approximate surface area is 144 Å². The number of nitrogens with zero attached hydrogens (tertiary/aromatic N) is 1. The predicted octanol–water partition coefficient (Wildman–Crippen LogP) is 2.04. The van der Waals surface area contributed by atoms with Crippen LogP contribution in [-0.2, 0) is 20.7 Å². The summed E-state index contributed by atoms with van der Waals surface area (Å²) < 4.78 is 11.0. The fraction of sp³-hybridized carbons (Fsp3) is 0.412. The van der Waals surface area contributed by atoms with E-state index in [9.17, 15) is 9.59 Å². The number of halogens is 1. The van der Waals surface area contributed by atoms with E-state index < -0.39 is 18.1 Å². The van der Waals surface area contributed by atoms with Gasteiger partial charge in [0.15, 0.2) is 0 Å². The van der Waals surface area contributed by atoms with Crippen molar-refractivity contribution in [3.8, 4) is 0 Å². The topological polar surface area (TPSA) is 85.8 Å². The largest absolute Gasteiger partial charge is 0.464 e. The van der Waals surface area contributed by atoms with Gasteiger partial charge in [0.2, 0.25) is 11.8 Å². The van der Waals surface area contributed by atoms with Crippen molar-refractivity contribution < 1.29 is 18.7 Å². The molecular weight excluding hydrogens is 332 g/mol. The Morgan fingerprint density at radius 1 is 1.42 bits per heavy atom. The molecule has 2 amide bonds. The number of hydrogen-bond donors (Lipinski definition) is 1. The molecule has 1 fully saturated rings. The molecule has 128 valence electrons. The SMILES string of the molecule is Cc1c(Cl)ccc2c(CC(=O)N3CCO[C@H](C)[C@H]3C(N)=O)coc12. The Hall–Kier alpha value is -2.05. The number of carbonyl (C=O) groups excluding carboxylic acids is 2. The highest BCUT2D eigenvalue weighted by Gasteiger charge is 2.36. The van der Waals surface area contributed by atoms with E-state index in [2.05, 4.69) is 0 Å². The summed E-state index contributed by atoms with van der Waals surface area (Å²) in [5, 5.41) is 1.47. The van der Waals surface area contributed by atoms with Gasteiger partial charge in [-0.05, 0) is 26.0 Å². The molecule has 2 heterocycles. The van der Waals surface area contributed by atoms with E-state index in [-0.39, 0.29) is 12.3 Å². The summed E-state index contributed by atoms with van der Waals surface area (Å²) in [6, 6.07) is 2.87. The van der Waals surface area contributed by atoms with E-state index in [1.807, 2.05) is 13.0 Å². The second kappa shape index (κ2) is 6.45. The fourth-order valence-corrected chi connectivity index (χ4v) is 3.30. The number of amides is 2. The van der Waals surface area contributed by atoms with Crippen LogP contribution in [0.5, 0.6) is 0 Å². The lowest BCUT2D eigenvalue weighted by atomic mass is 10.0. The van der Waals surface area contributed by atoms with Crippen LogP contribution in [0.2, 0.25) is 5.02 Å². The number of furan rings is 1. The molecule has 0 bridgehead atoms. The third-order valence-corrected chi connectivity index (χ3v) is 4.86. The molecule has 0 spiro atoms. The van der Waals surface area contributed by atoms with E-state index in [1.54, 1.807) is 19.3 Å². The molecule has 2 N–H and O–H groups in total. The summed E-state index contributed by atoms with van der Waals surface area (Å²) in [7, 11) is 0. The lowest BCUT2D eigenvalue weighted by molar-refractivity contribution is -0.152. The van der Waals surface area contributed by atoms with Crippen molar-refractivity contribution in [1.82, 2.24) is 4.90 Å². The predicted molar refractivity (Wildman–Crippen MR) is 89.8 cm³/mol. The molecule has 7 heteroatoms. The molecule has 1 aromatic carbocycles. The third kappa shape index (κ3) is 2.87. The second-order valence-corrected chi connectivity index (χ2v) is 6.40. The van der Waals surface area contributed by atoms with Gasteiger partial charge in [0, 0.05) is 28.1 Å². The number of hydrogen-bond acceptors (Lipinski definition) is 4. The molecule has 1 aliphatic rings. The summed E-state index contributed by atoms with van der Waals surface area (Å²) in [6.07, 6.45) is 1.28. The second-order valence-electron chi connectivity index (χ2n) is 6.00. The zero-order chi connectivity index (χ0) is 17.4. The van der Waals surface area contributed by atoms with Gasteiger partial charge >= 0.3 is 0 Å². The van der Waals surface area contributed by atoms with Gasteiger partial charge in [0.05, 0.1) is 25.4 Å². The average Bonchev–Trinajstić information content (AvgIpc) is 2.93. The van der Waals surface area contributed by atoms with E-state index in [1.165, 1.54) is 4.90 Å². The van der Waals surface area contributed by atoms with Crippen LogP contribution in [-0.4, -0.2) is 42.0 Å². The zero-order valence-corrected chi connectivity index (χ0v) is 14.3. The van der Waals surface area contributed by atoms with Gasteiger partial charge in [-0.2, -0.15) is 0 Å². The number of benzene rings is 1. The van der Waals surface area contributed by atoms with Crippen molar-refractivity contribution in [3.63, 3.8) is 0 Å². The van der Waals surface area contributed by atoms with E-state index in [0.717, 1.165) is 16.5 Å². The molecule has 1 aliphatic heterocycles. The van der Waals surface area contributed by atoms with Crippen LogP contribution in [0.25, 0.3) is 11.0 Å². The van der Waals surface area contributed by atoms with Crippen LogP contribution in [0.4, 0.5) is 0 Å². The Morgan fingerprint density at radius 2 is 2.17 bits per heavy atom. The number of carbonyl (C=O) groups is 2. The van der Waals surface area contributed by atoms with Gasteiger partial charge in [-0.25, -0.2) is 0 Å². The van der Waals surface area contributed by atoms with Crippen LogP contribution in [0.15, 0.2) is 22.8 Å². The third-order valence-electron chi connectivity index (χ3n) is 4.45. The molecule has 1 aromatic heterocycles. The summed E-state index contributed by atoms with van der Waals surface area (Å²) in [5.74, 6) is -0.737. The lowest BCUT2D eigenvalue weighted by Gasteiger charge is -2.37. The van der Waals surface area contributed by atoms with Gasteiger partial charge in [0.25, 0.3) is 0 Å². The van der Waals surface area contributed by atoms with Crippen molar-refractivity contribution >= 4 is 34.4 Å². The molecular formula is C17H19ClN2O4. The normalized spacial score (nSPS) is 21.2. The smallest absolute Gasteiger partial charge is 0.242 e. The van der Waals surface area contributed by atoms with Crippen molar-refractivity contribution in [2.75, 3.05) is 13.2 Å². The highest BCUT2D eigenvalue weighted by atomic mass is 35.5. The number of fused-ring (bicyclic) bond motifs is 1. The zero-order valence-electron chi connectivity index (χ0n) is 13.5. The molecule has 0 unspecified atom stereocenters. The number of nitrogens with two attached hydrogens (primary N) is 1. The standard InChI is InChI=1S/C17H19ClN2O4/c1-9-13(18)4-3-12-11(8-24-16(9)12)7-14(21)20-5-6-23-10(2)15(20)17(19)22/h3-4,8,10,15H,5-7H2,1-2H3,(H2,19,22)/t10-,15+/m1/s1. The van der Waals surface area contributed by atoms with Gasteiger partial charge in [0.1, 0.15) is 11.6 Å². The quantitative estimate of drug-likeness (QED) is 0.917. The first kappa shape index (κ1) is 16.8. The molecule has 24 heavy (non-hydrogen) atoms. The van der Waals surface area contributed by atoms with Crippen molar-refractivity contribution in [2.24, 2.45) is 5.73 Å². The van der Waals surface area contributed by atoms with Crippen molar-refractivity contribution in [1.29, 1.82) is 0 Å². The molecule has 2 atom stereocenters. The molecule has 0 radical (unpaired) electrons. The van der Waals surface area contributed by atoms with E-state index >= 15 is 0 Å². The van der Waals surface area contributed by atoms with Gasteiger partial charge in [-0.1, -0.05) is 11.6 Å². The van der Waals surface area contributed by atoms with Crippen LogP contribution < -0.4 is 5.73 Å². The summed E-state index contributed by atoms with van der Waals surface area (Å²) >= 11 is 6.09. The summed E-state index contributed by atoms with van der Waals surface area (Å²) in [5.41, 5.74) is 7.71. The highest BCUT2D eigenvalue weighted by Crippen LogP contribution is 2.30. The minimum atomic E-state index is -0.749. The number of ether oxygens (including phenoxy) is 1. The highest BCUT2D eigenvalue weighted by molar-refractivity contribution is 6.32. The average molecular weight is 351 g/mol. The molecule has 1 saturated heterocycles.